The lowest BCUT2D eigenvalue weighted by Crippen LogP contribution is -2.61. The molecule has 0 unspecified atom stereocenters. The van der Waals surface area contributed by atoms with E-state index in [1.54, 1.807) is 11.8 Å². The van der Waals surface area contributed by atoms with Crippen molar-refractivity contribution in [3.63, 3.8) is 0 Å². The van der Waals surface area contributed by atoms with Gasteiger partial charge in [0.2, 0.25) is 11.8 Å². The van der Waals surface area contributed by atoms with Crippen LogP contribution in [0.4, 0.5) is 8.78 Å². The number of hydrogen-bond donors (Lipinski definition) is 0. The van der Waals surface area contributed by atoms with Gasteiger partial charge in [0.25, 0.3) is 0 Å². The third kappa shape index (κ3) is 2.18. The van der Waals surface area contributed by atoms with Crippen LogP contribution in [0.2, 0.25) is 0 Å². The first-order valence-corrected chi connectivity index (χ1v) is 7.04. The average molecular weight is 294 g/mol. The van der Waals surface area contributed by atoms with E-state index in [2.05, 4.69) is 0 Å². The molecule has 3 rings (SSSR count). The number of benzene rings is 1. The highest BCUT2D eigenvalue weighted by Crippen LogP contribution is 2.28. The standard InChI is InChI=1S/C15H16F2N2O2/c1-9-14(20)18-7-3-6-13(18)15(21)19(9)8-10-11(16)4-2-5-12(10)17/h2,4-5,9,13H,3,6-8H2,1H3/t9-,13-/m0/s1. The zero-order valence-electron chi connectivity index (χ0n) is 11.7. The number of carbonyl (C=O) groups excluding carboxylic acids is 2. The largest absolute Gasteiger partial charge is 0.329 e. The minimum atomic E-state index is -0.698. The van der Waals surface area contributed by atoms with Gasteiger partial charge in [-0.2, -0.15) is 0 Å². The molecule has 2 fully saturated rings. The summed E-state index contributed by atoms with van der Waals surface area (Å²) in [5, 5.41) is 0. The van der Waals surface area contributed by atoms with E-state index >= 15 is 0 Å². The van der Waals surface area contributed by atoms with E-state index in [0.29, 0.717) is 13.0 Å². The van der Waals surface area contributed by atoms with Crippen molar-refractivity contribution in [1.82, 2.24) is 9.80 Å². The van der Waals surface area contributed by atoms with Gasteiger partial charge in [0, 0.05) is 12.1 Å². The zero-order valence-corrected chi connectivity index (χ0v) is 11.7. The van der Waals surface area contributed by atoms with Crippen molar-refractivity contribution in [2.45, 2.75) is 38.4 Å². The maximum absolute atomic E-state index is 13.8. The predicted octanol–water partition coefficient (Wildman–Crippen LogP) is 1.69. The summed E-state index contributed by atoms with van der Waals surface area (Å²) in [5.41, 5.74) is -0.169. The highest BCUT2D eigenvalue weighted by atomic mass is 19.1. The molecule has 2 heterocycles. The molecule has 4 nitrogen and oxygen atoms in total. The van der Waals surface area contributed by atoms with Crippen molar-refractivity contribution in [1.29, 1.82) is 0 Å². The number of hydrogen-bond acceptors (Lipinski definition) is 2. The lowest BCUT2D eigenvalue weighted by molar-refractivity contribution is -0.159. The highest BCUT2D eigenvalue weighted by Gasteiger charge is 2.46. The first kappa shape index (κ1) is 14.0. The fraction of sp³-hybridized carbons (Fsp3) is 0.467. The Morgan fingerprint density at radius 1 is 1.19 bits per heavy atom. The quantitative estimate of drug-likeness (QED) is 0.833. The molecule has 0 bridgehead atoms. The van der Waals surface area contributed by atoms with E-state index < -0.39 is 23.7 Å². The van der Waals surface area contributed by atoms with Crippen molar-refractivity contribution < 1.29 is 18.4 Å². The Morgan fingerprint density at radius 3 is 2.52 bits per heavy atom. The minimum absolute atomic E-state index is 0.145. The van der Waals surface area contributed by atoms with Gasteiger partial charge in [0.05, 0.1) is 6.54 Å². The van der Waals surface area contributed by atoms with E-state index in [0.717, 1.165) is 18.6 Å². The second kappa shape index (κ2) is 5.09. The van der Waals surface area contributed by atoms with Crippen LogP contribution in [0.15, 0.2) is 18.2 Å². The summed E-state index contributed by atoms with van der Waals surface area (Å²) in [6.07, 6.45) is 1.41. The zero-order chi connectivity index (χ0) is 15.1. The molecule has 0 spiro atoms. The van der Waals surface area contributed by atoms with Gasteiger partial charge < -0.3 is 9.80 Å². The number of amides is 2. The normalized spacial score (nSPS) is 25.5. The highest BCUT2D eigenvalue weighted by molar-refractivity contribution is 5.97. The summed E-state index contributed by atoms with van der Waals surface area (Å²) >= 11 is 0. The Hall–Kier alpha value is -1.98. The van der Waals surface area contributed by atoms with Crippen LogP contribution in [0.5, 0.6) is 0 Å². The van der Waals surface area contributed by atoms with Crippen LogP contribution in [0.25, 0.3) is 0 Å². The fourth-order valence-corrected chi connectivity index (χ4v) is 3.11. The van der Waals surface area contributed by atoms with Gasteiger partial charge in [-0.15, -0.1) is 0 Å². The topological polar surface area (TPSA) is 40.6 Å². The maximum atomic E-state index is 13.8. The van der Waals surface area contributed by atoms with Crippen molar-refractivity contribution in [2.75, 3.05) is 6.54 Å². The van der Waals surface area contributed by atoms with Gasteiger partial charge >= 0.3 is 0 Å². The fourth-order valence-electron chi connectivity index (χ4n) is 3.11. The molecule has 2 amide bonds. The number of nitrogens with zero attached hydrogens (tertiary/aromatic N) is 2. The number of fused-ring (bicyclic) bond motifs is 1. The molecule has 2 aliphatic heterocycles. The molecule has 0 N–H and O–H groups in total. The van der Waals surface area contributed by atoms with Crippen LogP contribution < -0.4 is 0 Å². The summed E-state index contributed by atoms with van der Waals surface area (Å²) in [6.45, 7) is 1.98. The molecule has 0 aliphatic carbocycles. The smallest absolute Gasteiger partial charge is 0.246 e. The SMILES string of the molecule is C[C@H]1C(=O)N2CCC[C@H]2C(=O)N1Cc1c(F)cccc1F. The van der Waals surface area contributed by atoms with Crippen molar-refractivity contribution in [3.8, 4) is 0 Å². The minimum Gasteiger partial charge on any atom is -0.329 e. The first-order valence-electron chi connectivity index (χ1n) is 7.04. The Morgan fingerprint density at radius 2 is 1.86 bits per heavy atom. The number of piperazine rings is 1. The van der Waals surface area contributed by atoms with Crippen molar-refractivity contribution >= 4 is 11.8 Å². The van der Waals surface area contributed by atoms with Gasteiger partial charge in [0.15, 0.2) is 0 Å². The molecule has 6 heteroatoms. The van der Waals surface area contributed by atoms with Gasteiger partial charge in [-0.05, 0) is 31.9 Å². The van der Waals surface area contributed by atoms with Crippen LogP contribution in [-0.2, 0) is 16.1 Å². The van der Waals surface area contributed by atoms with Gasteiger partial charge in [-0.25, -0.2) is 8.78 Å². The van der Waals surface area contributed by atoms with E-state index in [-0.39, 0.29) is 23.9 Å². The maximum Gasteiger partial charge on any atom is 0.246 e. The van der Waals surface area contributed by atoms with Crippen LogP contribution in [0, 0.1) is 11.6 Å². The average Bonchev–Trinajstić information content (AvgIpc) is 2.93. The molecule has 2 aliphatic rings. The molecule has 0 radical (unpaired) electrons. The summed E-state index contributed by atoms with van der Waals surface area (Å²) in [4.78, 5) is 27.6. The van der Waals surface area contributed by atoms with E-state index in [1.165, 1.54) is 11.0 Å². The number of rotatable bonds is 2. The monoisotopic (exact) mass is 294 g/mol. The number of carbonyl (C=O) groups is 2. The predicted molar refractivity (Wildman–Crippen MR) is 71.1 cm³/mol. The molecular formula is C15H16F2N2O2. The van der Waals surface area contributed by atoms with Crippen LogP contribution in [-0.4, -0.2) is 40.2 Å². The molecule has 21 heavy (non-hydrogen) atoms. The van der Waals surface area contributed by atoms with Crippen LogP contribution >= 0.6 is 0 Å². The third-order valence-corrected chi connectivity index (χ3v) is 4.32. The van der Waals surface area contributed by atoms with Crippen LogP contribution in [0.1, 0.15) is 25.3 Å². The van der Waals surface area contributed by atoms with E-state index in [9.17, 15) is 18.4 Å². The Bertz CT molecular complexity index is 585. The molecule has 2 saturated heterocycles. The summed E-state index contributed by atoms with van der Waals surface area (Å²) < 4.78 is 27.5. The lowest BCUT2D eigenvalue weighted by atomic mass is 10.0. The second-order valence-corrected chi connectivity index (χ2v) is 5.53. The summed E-state index contributed by atoms with van der Waals surface area (Å²) in [6, 6.07) is 2.43. The van der Waals surface area contributed by atoms with Crippen LogP contribution in [0.3, 0.4) is 0 Å². The first-order chi connectivity index (χ1) is 10.0. The Labute approximate surface area is 121 Å². The molecule has 2 atom stereocenters. The molecule has 1 aromatic carbocycles. The van der Waals surface area contributed by atoms with Gasteiger partial charge in [-0.3, -0.25) is 9.59 Å². The number of halogens is 2. The second-order valence-electron chi connectivity index (χ2n) is 5.53. The third-order valence-electron chi connectivity index (χ3n) is 4.32. The van der Waals surface area contributed by atoms with Gasteiger partial charge in [0.1, 0.15) is 23.7 Å². The Kier molecular flexibility index (Phi) is 3.39. The molecule has 0 aromatic heterocycles. The molecule has 112 valence electrons. The molecular weight excluding hydrogens is 278 g/mol. The molecule has 0 saturated carbocycles. The van der Waals surface area contributed by atoms with E-state index in [1.807, 2.05) is 0 Å². The van der Waals surface area contributed by atoms with Crippen molar-refractivity contribution in [3.05, 3.63) is 35.4 Å². The van der Waals surface area contributed by atoms with Gasteiger partial charge in [-0.1, -0.05) is 6.07 Å². The van der Waals surface area contributed by atoms with E-state index in [4.69, 9.17) is 0 Å². The summed E-state index contributed by atoms with van der Waals surface area (Å²) in [7, 11) is 0. The summed E-state index contributed by atoms with van der Waals surface area (Å²) in [5.74, 6) is -1.76. The Balaban J connectivity index is 1.91. The lowest BCUT2D eigenvalue weighted by Gasteiger charge is -2.41. The molecule has 1 aromatic rings. The van der Waals surface area contributed by atoms with Crippen molar-refractivity contribution in [2.24, 2.45) is 0 Å².